The number of benzene rings is 4. The molecule has 2 unspecified atom stereocenters. The number of ether oxygens (including phenoxy) is 1. The van der Waals surface area contributed by atoms with Crippen LogP contribution in [0.1, 0.15) is 63.7 Å². The molecule has 0 aliphatic heterocycles. The first-order valence-corrected chi connectivity index (χ1v) is 21.0. The van der Waals surface area contributed by atoms with Crippen LogP contribution in [-0.4, -0.2) is 61.5 Å². The molecule has 0 aromatic heterocycles. The van der Waals surface area contributed by atoms with Gasteiger partial charge in [-0.2, -0.15) is 0 Å². The molecular weight excluding hydrogens is 739 g/mol. The molecule has 0 heterocycles. The third-order valence-electron chi connectivity index (χ3n) is 10.1. The van der Waals surface area contributed by atoms with Gasteiger partial charge in [-0.3, -0.25) is 4.90 Å². The van der Waals surface area contributed by atoms with E-state index in [1.165, 1.54) is 27.1 Å². The topological polar surface area (TPSA) is 45.2 Å². The molecule has 0 bridgehead atoms. The van der Waals surface area contributed by atoms with Crippen LogP contribution in [-0.2, 0) is 3.83 Å². The van der Waals surface area contributed by atoms with Crippen molar-refractivity contribution in [1.29, 1.82) is 0 Å². The third kappa shape index (κ3) is 11.3. The van der Waals surface area contributed by atoms with Crippen molar-refractivity contribution in [3.05, 3.63) is 157 Å². The number of likely N-dealkylation sites (N-methyl/N-ethyl adjacent to an activating group) is 2. The maximum atomic E-state index is 9.93. The van der Waals surface area contributed by atoms with E-state index in [9.17, 15) is 5.11 Å². The minimum Gasteiger partial charge on any atom is -0.508 e. The lowest BCUT2D eigenvalue weighted by molar-refractivity contribution is 0.0104. The number of aromatic hydroxyl groups is 1. The molecule has 4 rings (SSSR count). The van der Waals surface area contributed by atoms with Crippen LogP contribution in [0, 0.1) is 5.92 Å². The molecule has 5 nitrogen and oxygen atoms in total. The standard InChI is InChI=1S/C45H57N2O2P.CH3BrO/c1-10-20-40(11-2)50(41-21-14-12-15-22-41,42-23-16-13-17-24-42)34-19-18-33-49-39-31-27-36(28-32-39)43(35(3)4)47(9)45(5,6)44(46(7)8)37-25-29-38(48)30-26-37;1-3-2/h10-17,20-32,35,43-44H,1-2,18-19,33-34H2,3-9H3;1H3/p+1/b40-20+;. The number of unbranched alkanes of at least 4 members (excludes halogenated alkanes) is 1. The molecule has 284 valence electrons. The number of nitrogens with zero attached hydrogens (tertiary/aromatic N) is 2. The molecule has 0 aliphatic carbocycles. The van der Waals surface area contributed by atoms with Crippen LogP contribution in [0.5, 0.6) is 11.5 Å². The summed E-state index contributed by atoms with van der Waals surface area (Å²) in [6.45, 7) is 18.2. The fraction of sp³-hybridized carbons (Fsp3) is 0.348. The van der Waals surface area contributed by atoms with Gasteiger partial charge in [-0.05, 0) is 126 Å². The molecule has 4 aromatic carbocycles. The Hall–Kier alpha value is -3.51. The molecule has 0 saturated carbocycles. The Morgan fingerprint density at radius 1 is 0.811 bits per heavy atom. The molecule has 53 heavy (non-hydrogen) atoms. The van der Waals surface area contributed by atoms with E-state index in [2.05, 4.69) is 183 Å². The van der Waals surface area contributed by atoms with Gasteiger partial charge in [0.2, 0.25) is 0 Å². The summed E-state index contributed by atoms with van der Waals surface area (Å²) < 4.78 is 10.4. The number of hydrogen-bond donors (Lipinski definition) is 1. The number of phenols is 1. The van der Waals surface area contributed by atoms with E-state index in [1.54, 1.807) is 19.2 Å². The van der Waals surface area contributed by atoms with E-state index in [1.807, 2.05) is 24.3 Å². The Morgan fingerprint density at radius 3 is 1.77 bits per heavy atom. The average molecular weight is 801 g/mol. The summed E-state index contributed by atoms with van der Waals surface area (Å²) in [5.41, 5.74) is 2.24. The van der Waals surface area contributed by atoms with Crippen molar-refractivity contribution in [2.75, 3.05) is 41.0 Å². The number of hydrogen-bond acceptors (Lipinski definition) is 5. The van der Waals surface area contributed by atoms with E-state index in [0.29, 0.717) is 12.5 Å². The number of phenolic OH excluding ortho intramolecular Hbond substituents is 1. The van der Waals surface area contributed by atoms with Crippen molar-refractivity contribution in [2.45, 2.75) is 58.2 Å². The van der Waals surface area contributed by atoms with Crippen LogP contribution in [0.3, 0.4) is 0 Å². The molecule has 7 heteroatoms. The van der Waals surface area contributed by atoms with Crippen molar-refractivity contribution < 1.29 is 13.7 Å². The summed E-state index contributed by atoms with van der Waals surface area (Å²) in [5, 5.41) is 13.9. The molecule has 0 amide bonds. The Labute approximate surface area is 329 Å². The van der Waals surface area contributed by atoms with Gasteiger partial charge in [0.05, 0.1) is 42.2 Å². The Kier molecular flexibility index (Phi) is 17.7. The second-order valence-electron chi connectivity index (χ2n) is 14.4. The predicted octanol–water partition coefficient (Wildman–Crippen LogP) is 11.1. The van der Waals surface area contributed by atoms with Crippen LogP contribution in [0.4, 0.5) is 0 Å². The highest BCUT2D eigenvalue weighted by Gasteiger charge is 2.45. The van der Waals surface area contributed by atoms with Gasteiger partial charge < -0.3 is 18.6 Å². The summed E-state index contributed by atoms with van der Waals surface area (Å²) in [5.74, 6) is 1.58. The first kappa shape index (κ1) is 43.9. The second kappa shape index (κ2) is 21.4. The predicted molar refractivity (Wildman–Crippen MR) is 233 cm³/mol. The van der Waals surface area contributed by atoms with Crippen LogP contribution >= 0.6 is 23.5 Å². The minimum absolute atomic E-state index is 0.122. The number of allylic oxidation sites excluding steroid dienone is 4. The third-order valence-corrected chi connectivity index (χ3v) is 14.6. The fourth-order valence-electron chi connectivity index (χ4n) is 7.68. The molecule has 1 N–H and O–H groups in total. The van der Waals surface area contributed by atoms with Gasteiger partial charge in [0, 0.05) is 11.6 Å². The molecular formula is C46H61BrN2O3P+. The van der Waals surface area contributed by atoms with E-state index in [0.717, 1.165) is 24.8 Å². The fourth-order valence-corrected chi connectivity index (χ4v) is 12.1. The number of halogens is 1. The van der Waals surface area contributed by atoms with Crippen LogP contribution < -0.4 is 15.3 Å². The van der Waals surface area contributed by atoms with Gasteiger partial charge in [-0.15, -0.1) is 0 Å². The quantitative estimate of drug-likeness (QED) is 0.0617. The second-order valence-corrected chi connectivity index (χ2v) is 18.7. The summed E-state index contributed by atoms with van der Waals surface area (Å²) in [4.78, 5) is 4.79. The van der Waals surface area contributed by atoms with Gasteiger partial charge in [-0.1, -0.05) is 93.7 Å². The van der Waals surface area contributed by atoms with E-state index in [4.69, 9.17) is 4.74 Å². The minimum atomic E-state index is -1.93. The highest BCUT2D eigenvalue weighted by molar-refractivity contribution is 9.06. The lowest BCUT2D eigenvalue weighted by atomic mass is 9.82. The summed E-state index contributed by atoms with van der Waals surface area (Å²) in [6.07, 6.45) is 9.09. The SMILES string of the molecule is C=C/C=C(\C=C)[P+](CCCCOc1ccc(C(C(C)C)N(C)C(C)(C)C(c2ccc(O)cc2)N(C)C)cc1)(c1ccccc1)c1ccccc1.COBr. The molecule has 0 radical (unpaired) electrons. The summed E-state index contributed by atoms with van der Waals surface area (Å²) in [7, 11) is 6.11. The summed E-state index contributed by atoms with van der Waals surface area (Å²) in [6, 6.07) is 38.5. The average Bonchev–Trinajstić information content (AvgIpc) is 3.14. The zero-order valence-electron chi connectivity index (χ0n) is 33.1. The molecule has 0 aliphatic rings. The Bertz CT molecular complexity index is 1650. The smallest absolute Gasteiger partial charge is 0.119 e. The van der Waals surface area contributed by atoms with Crippen LogP contribution in [0.25, 0.3) is 0 Å². The highest BCUT2D eigenvalue weighted by atomic mass is 79.9. The van der Waals surface area contributed by atoms with E-state index in [-0.39, 0.29) is 23.4 Å². The lowest BCUT2D eigenvalue weighted by Crippen LogP contribution is -2.52. The molecule has 0 spiro atoms. The monoisotopic (exact) mass is 799 g/mol. The lowest BCUT2D eigenvalue weighted by Gasteiger charge is -2.49. The van der Waals surface area contributed by atoms with Crippen molar-refractivity contribution in [3.8, 4) is 11.5 Å². The first-order valence-electron chi connectivity index (χ1n) is 18.4. The van der Waals surface area contributed by atoms with Gasteiger partial charge in [0.1, 0.15) is 34.7 Å². The zero-order chi connectivity index (χ0) is 39.0. The van der Waals surface area contributed by atoms with Gasteiger partial charge in [-0.25, -0.2) is 0 Å². The maximum Gasteiger partial charge on any atom is 0.119 e. The number of rotatable bonds is 18. The van der Waals surface area contributed by atoms with E-state index >= 15 is 0 Å². The van der Waals surface area contributed by atoms with Crippen molar-refractivity contribution in [3.63, 3.8) is 0 Å². The van der Waals surface area contributed by atoms with Gasteiger partial charge in [0.15, 0.2) is 0 Å². The van der Waals surface area contributed by atoms with Crippen molar-refractivity contribution >= 4 is 34.1 Å². The van der Waals surface area contributed by atoms with Crippen molar-refractivity contribution in [2.24, 2.45) is 5.92 Å². The maximum absolute atomic E-state index is 9.93. The van der Waals surface area contributed by atoms with E-state index < -0.39 is 7.26 Å². The summed E-state index contributed by atoms with van der Waals surface area (Å²) >= 11 is 2.65. The highest BCUT2D eigenvalue weighted by Crippen LogP contribution is 2.64. The van der Waals surface area contributed by atoms with Gasteiger partial charge in [0.25, 0.3) is 0 Å². The first-order chi connectivity index (χ1) is 25.4. The molecule has 2 atom stereocenters. The Balaban J connectivity index is 0.00000243. The molecule has 4 aromatic rings. The van der Waals surface area contributed by atoms with Crippen LogP contribution in [0.15, 0.2) is 146 Å². The zero-order valence-corrected chi connectivity index (χ0v) is 35.6. The molecule has 0 saturated heterocycles. The van der Waals surface area contributed by atoms with Gasteiger partial charge >= 0.3 is 0 Å². The Morgan fingerprint density at radius 2 is 1.32 bits per heavy atom. The molecule has 0 fully saturated rings. The van der Waals surface area contributed by atoms with Crippen LogP contribution in [0.2, 0.25) is 0 Å². The largest absolute Gasteiger partial charge is 0.508 e. The normalized spacial score (nSPS) is 13.3. The van der Waals surface area contributed by atoms with Crippen molar-refractivity contribution in [1.82, 2.24) is 9.80 Å².